The molecule has 2 heterocycles. The van der Waals surface area contributed by atoms with Gasteiger partial charge in [-0.05, 0) is 49.2 Å². The molecule has 0 spiro atoms. The van der Waals surface area contributed by atoms with E-state index < -0.39 is 0 Å². The number of nitriles is 1. The van der Waals surface area contributed by atoms with Crippen LogP contribution < -0.4 is 0 Å². The molecule has 1 saturated heterocycles. The average Bonchev–Trinajstić information content (AvgIpc) is 3.09. The minimum Gasteiger partial charge on any atom is -0.339 e. The van der Waals surface area contributed by atoms with Gasteiger partial charge in [0.1, 0.15) is 0 Å². The van der Waals surface area contributed by atoms with Gasteiger partial charge in [-0.25, -0.2) is 0 Å². The molecule has 0 unspecified atom stereocenters. The predicted molar refractivity (Wildman–Crippen MR) is 80.0 cm³/mol. The minimum absolute atomic E-state index is 0.0606. The van der Waals surface area contributed by atoms with Gasteiger partial charge in [0.25, 0.3) is 5.91 Å². The summed E-state index contributed by atoms with van der Waals surface area (Å²) in [5.41, 5.74) is 1.75. The van der Waals surface area contributed by atoms with E-state index in [0.717, 1.165) is 18.5 Å². The Morgan fingerprint density at radius 1 is 1.10 bits per heavy atom. The van der Waals surface area contributed by atoms with Gasteiger partial charge in [0.15, 0.2) is 0 Å². The molecule has 0 aliphatic carbocycles. The summed E-state index contributed by atoms with van der Waals surface area (Å²) < 4.78 is 2.01. The first-order valence-corrected chi connectivity index (χ1v) is 7.20. The summed E-state index contributed by atoms with van der Waals surface area (Å²) >= 11 is 0. The van der Waals surface area contributed by atoms with E-state index in [1.807, 2.05) is 58.3 Å². The molecule has 106 valence electrons. The van der Waals surface area contributed by atoms with Crippen molar-refractivity contribution in [3.8, 4) is 11.8 Å². The molecule has 0 saturated carbocycles. The zero-order valence-corrected chi connectivity index (χ0v) is 11.8. The Bertz CT molecular complexity index is 644. The van der Waals surface area contributed by atoms with Gasteiger partial charge in [-0.1, -0.05) is 0 Å². The number of aromatic nitrogens is 1. The molecular weight excluding hydrogens is 262 g/mol. The van der Waals surface area contributed by atoms with E-state index in [-0.39, 0.29) is 11.8 Å². The van der Waals surface area contributed by atoms with Crippen molar-refractivity contribution in [1.29, 1.82) is 5.26 Å². The molecule has 2 aromatic rings. The fourth-order valence-electron chi connectivity index (χ4n) is 2.68. The van der Waals surface area contributed by atoms with Crippen LogP contribution in [0.4, 0.5) is 0 Å². The molecule has 3 rings (SSSR count). The number of piperidine rings is 1. The molecule has 1 aromatic carbocycles. The number of carbonyl (C=O) groups is 1. The molecule has 1 aromatic heterocycles. The number of amides is 1. The number of hydrogen-bond donors (Lipinski definition) is 0. The Balaban J connectivity index is 1.70. The van der Waals surface area contributed by atoms with Crippen LogP contribution in [0.3, 0.4) is 0 Å². The number of benzene rings is 1. The highest BCUT2D eigenvalue weighted by molar-refractivity contribution is 5.94. The number of rotatable bonds is 2. The molecular formula is C17H17N3O. The third-order valence-corrected chi connectivity index (χ3v) is 3.98. The standard InChI is InChI=1S/C17H17N3O/c18-13-14-7-11-20(12-8-14)17(21)15-3-5-16(6-4-15)19-9-1-2-10-19/h1-6,9-10,14H,7-8,11-12H2. The van der Waals surface area contributed by atoms with Gasteiger partial charge in [0.05, 0.1) is 6.07 Å². The van der Waals surface area contributed by atoms with Crippen LogP contribution in [0, 0.1) is 17.2 Å². The molecule has 0 radical (unpaired) electrons. The number of carbonyl (C=O) groups excluding carboxylic acids is 1. The summed E-state index contributed by atoms with van der Waals surface area (Å²) in [5.74, 6) is 0.163. The topological polar surface area (TPSA) is 49.0 Å². The van der Waals surface area contributed by atoms with Crippen LogP contribution in [0.25, 0.3) is 5.69 Å². The smallest absolute Gasteiger partial charge is 0.253 e. The molecule has 4 nitrogen and oxygen atoms in total. The SMILES string of the molecule is N#CC1CCN(C(=O)c2ccc(-n3cccc3)cc2)CC1. The van der Waals surface area contributed by atoms with E-state index in [1.165, 1.54) is 0 Å². The van der Waals surface area contributed by atoms with Gasteiger partial charge in [-0.2, -0.15) is 5.26 Å². The Hall–Kier alpha value is -2.54. The second kappa shape index (κ2) is 5.84. The molecule has 1 aliphatic heterocycles. The van der Waals surface area contributed by atoms with Crippen LogP contribution in [0.2, 0.25) is 0 Å². The summed E-state index contributed by atoms with van der Waals surface area (Å²) in [7, 11) is 0. The van der Waals surface area contributed by atoms with E-state index in [1.54, 1.807) is 0 Å². The third kappa shape index (κ3) is 2.82. The van der Waals surface area contributed by atoms with Crippen LogP contribution in [-0.2, 0) is 0 Å². The molecule has 0 atom stereocenters. The lowest BCUT2D eigenvalue weighted by Gasteiger charge is -2.29. The fourth-order valence-corrected chi connectivity index (χ4v) is 2.68. The van der Waals surface area contributed by atoms with Crippen LogP contribution in [0.15, 0.2) is 48.8 Å². The van der Waals surface area contributed by atoms with Crippen molar-refractivity contribution in [2.75, 3.05) is 13.1 Å². The predicted octanol–water partition coefficient (Wildman–Crippen LogP) is 2.85. The lowest BCUT2D eigenvalue weighted by molar-refractivity contribution is 0.0707. The van der Waals surface area contributed by atoms with E-state index in [4.69, 9.17) is 5.26 Å². The minimum atomic E-state index is 0.0606. The summed E-state index contributed by atoms with van der Waals surface area (Å²) in [5, 5.41) is 8.90. The second-order valence-corrected chi connectivity index (χ2v) is 5.33. The normalized spacial score (nSPS) is 15.7. The fraction of sp³-hybridized carbons (Fsp3) is 0.294. The van der Waals surface area contributed by atoms with Crippen LogP contribution in [0.1, 0.15) is 23.2 Å². The molecule has 1 fully saturated rings. The molecule has 1 aliphatic rings. The summed E-state index contributed by atoms with van der Waals surface area (Å²) in [4.78, 5) is 14.3. The third-order valence-electron chi connectivity index (χ3n) is 3.98. The quantitative estimate of drug-likeness (QED) is 0.848. The highest BCUT2D eigenvalue weighted by atomic mass is 16.2. The van der Waals surface area contributed by atoms with E-state index >= 15 is 0 Å². The molecule has 4 heteroatoms. The van der Waals surface area contributed by atoms with Crippen molar-refractivity contribution in [3.05, 3.63) is 54.4 Å². The maximum absolute atomic E-state index is 12.4. The first-order valence-electron chi connectivity index (χ1n) is 7.20. The number of likely N-dealkylation sites (tertiary alicyclic amines) is 1. The van der Waals surface area contributed by atoms with Gasteiger partial charge < -0.3 is 9.47 Å². The zero-order valence-electron chi connectivity index (χ0n) is 11.8. The lowest BCUT2D eigenvalue weighted by atomic mass is 9.98. The van der Waals surface area contributed by atoms with E-state index in [0.29, 0.717) is 18.7 Å². The van der Waals surface area contributed by atoms with Gasteiger partial charge in [0, 0.05) is 42.7 Å². The van der Waals surface area contributed by atoms with Crippen molar-refractivity contribution in [2.45, 2.75) is 12.8 Å². The Labute approximate surface area is 124 Å². The van der Waals surface area contributed by atoms with E-state index in [9.17, 15) is 4.79 Å². The number of nitrogens with zero attached hydrogens (tertiary/aromatic N) is 3. The monoisotopic (exact) mass is 279 g/mol. The van der Waals surface area contributed by atoms with Gasteiger partial charge in [0.2, 0.25) is 0 Å². The van der Waals surface area contributed by atoms with Crippen LogP contribution >= 0.6 is 0 Å². The van der Waals surface area contributed by atoms with Crippen molar-refractivity contribution in [2.24, 2.45) is 5.92 Å². The summed E-state index contributed by atoms with van der Waals surface area (Å²) in [6, 6.07) is 13.9. The molecule has 21 heavy (non-hydrogen) atoms. The van der Waals surface area contributed by atoms with Crippen molar-refractivity contribution in [1.82, 2.24) is 9.47 Å². The highest BCUT2D eigenvalue weighted by Gasteiger charge is 2.23. The summed E-state index contributed by atoms with van der Waals surface area (Å²) in [6.07, 6.45) is 5.51. The Kier molecular flexibility index (Phi) is 3.74. The Morgan fingerprint density at radius 3 is 2.29 bits per heavy atom. The van der Waals surface area contributed by atoms with Gasteiger partial charge >= 0.3 is 0 Å². The van der Waals surface area contributed by atoms with Gasteiger partial charge in [-0.15, -0.1) is 0 Å². The second-order valence-electron chi connectivity index (χ2n) is 5.33. The van der Waals surface area contributed by atoms with Crippen LogP contribution in [-0.4, -0.2) is 28.5 Å². The first kappa shape index (κ1) is 13.4. The maximum atomic E-state index is 12.4. The van der Waals surface area contributed by atoms with E-state index in [2.05, 4.69) is 6.07 Å². The highest BCUT2D eigenvalue weighted by Crippen LogP contribution is 2.19. The average molecular weight is 279 g/mol. The zero-order chi connectivity index (χ0) is 14.7. The first-order chi connectivity index (χ1) is 10.3. The lowest BCUT2D eigenvalue weighted by Crippen LogP contribution is -2.38. The number of hydrogen-bond acceptors (Lipinski definition) is 2. The van der Waals surface area contributed by atoms with Crippen molar-refractivity contribution >= 4 is 5.91 Å². The maximum Gasteiger partial charge on any atom is 0.253 e. The Morgan fingerprint density at radius 2 is 1.71 bits per heavy atom. The largest absolute Gasteiger partial charge is 0.339 e. The summed E-state index contributed by atoms with van der Waals surface area (Å²) in [6.45, 7) is 1.35. The molecule has 0 bridgehead atoms. The molecule has 0 N–H and O–H groups in total. The van der Waals surface area contributed by atoms with Crippen LogP contribution in [0.5, 0.6) is 0 Å². The van der Waals surface area contributed by atoms with Gasteiger partial charge in [-0.3, -0.25) is 4.79 Å². The molecule has 1 amide bonds. The van der Waals surface area contributed by atoms with Crippen molar-refractivity contribution in [3.63, 3.8) is 0 Å². The van der Waals surface area contributed by atoms with Crippen molar-refractivity contribution < 1.29 is 4.79 Å².